The monoisotopic (exact) mass is 231 g/mol. The van der Waals surface area contributed by atoms with Crippen LogP contribution >= 0.6 is 11.9 Å². The smallest absolute Gasteiger partial charge is 0.245 e. The lowest BCUT2D eigenvalue weighted by atomic mass is 10.3. The lowest BCUT2D eigenvalue weighted by Crippen LogP contribution is -2.31. The minimum atomic E-state index is -1.78. The molecule has 6 nitrogen and oxygen atoms in total. The first-order chi connectivity index (χ1) is 6.93. The van der Waals surface area contributed by atoms with Gasteiger partial charge in [-0.3, -0.25) is 19.2 Å². The molecule has 1 aliphatic rings. The number of Topliss-reactive ketones (excluding diaryl/α,β-unsaturated/α-hetero) is 1. The predicted octanol–water partition coefficient (Wildman–Crippen LogP) is -0.740. The van der Waals surface area contributed by atoms with Crippen molar-refractivity contribution in [3.63, 3.8) is 0 Å². The molecule has 0 bridgehead atoms. The summed E-state index contributed by atoms with van der Waals surface area (Å²) >= 11 is 0.284. The number of imide groups is 1. The molecule has 1 N–H and O–H groups in total. The molecule has 1 aliphatic heterocycles. The summed E-state index contributed by atoms with van der Waals surface area (Å²) in [5, 5.41) is 8.15. The molecule has 0 aliphatic carbocycles. The van der Waals surface area contributed by atoms with E-state index in [1.165, 1.54) is 0 Å². The summed E-state index contributed by atoms with van der Waals surface area (Å²) < 4.78 is 0.689. The van der Waals surface area contributed by atoms with E-state index in [9.17, 15) is 19.2 Å². The SMILES string of the molecule is CC(=O)[C@H](O)C(=O)SN1C(=O)CCC1=O. The molecular formula is C8H9NO5S. The molecule has 1 rings (SSSR count). The van der Waals surface area contributed by atoms with Crippen LogP contribution in [0.15, 0.2) is 0 Å². The summed E-state index contributed by atoms with van der Waals surface area (Å²) in [6.07, 6.45) is -1.65. The Balaban J connectivity index is 2.62. The van der Waals surface area contributed by atoms with E-state index < -0.39 is 28.8 Å². The number of hydrogen-bond acceptors (Lipinski definition) is 6. The maximum absolute atomic E-state index is 11.2. The molecule has 0 aromatic heterocycles. The molecule has 0 radical (unpaired) electrons. The third kappa shape index (κ3) is 2.63. The maximum atomic E-state index is 11.2. The van der Waals surface area contributed by atoms with E-state index in [4.69, 9.17) is 5.11 Å². The molecule has 0 saturated carbocycles. The van der Waals surface area contributed by atoms with E-state index in [2.05, 4.69) is 0 Å². The van der Waals surface area contributed by atoms with Crippen LogP contribution in [0.4, 0.5) is 0 Å². The number of aliphatic hydroxyl groups is 1. The first-order valence-corrected chi connectivity index (χ1v) is 4.97. The van der Waals surface area contributed by atoms with Crippen molar-refractivity contribution >= 4 is 34.7 Å². The van der Waals surface area contributed by atoms with Crippen LogP contribution in [0.5, 0.6) is 0 Å². The third-order valence-electron chi connectivity index (χ3n) is 1.80. The van der Waals surface area contributed by atoms with E-state index in [1.807, 2.05) is 0 Å². The standard InChI is InChI=1S/C8H9NO5S/c1-4(10)7(13)8(14)15-9-5(11)2-3-6(9)12/h7,13H,2-3H2,1H3/t7-/m0/s1. The van der Waals surface area contributed by atoms with Crippen molar-refractivity contribution in [1.29, 1.82) is 0 Å². The van der Waals surface area contributed by atoms with Crippen LogP contribution in [0.2, 0.25) is 0 Å². The van der Waals surface area contributed by atoms with Gasteiger partial charge in [-0.2, -0.15) is 0 Å². The minimum Gasteiger partial charge on any atom is -0.377 e. The Kier molecular flexibility index (Phi) is 3.59. The third-order valence-corrected chi connectivity index (χ3v) is 2.79. The van der Waals surface area contributed by atoms with Gasteiger partial charge < -0.3 is 5.11 Å². The Morgan fingerprint density at radius 3 is 2.20 bits per heavy atom. The van der Waals surface area contributed by atoms with Crippen molar-refractivity contribution < 1.29 is 24.3 Å². The van der Waals surface area contributed by atoms with Crippen molar-refractivity contribution in [1.82, 2.24) is 4.31 Å². The van der Waals surface area contributed by atoms with Gasteiger partial charge in [-0.1, -0.05) is 0 Å². The number of aliphatic hydroxyl groups excluding tert-OH is 1. The van der Waals surface area contributed by atoms with Gasteiger partial charge in [0.2, 0.25) is 16.9 Å². The highest BCUT2D eigenvalue weighted by atomic mass is 32.2. The summed E-state index contributed by atoms with van der Waals surface area (Å²) in [7, 11) is 0. The predicted molar refractivity (Wildman–Crippen MR) is 50.4 cm³/mol. The second-order valence-electron chi connectivity index (χ2n) is 3.01. The van der Waals surface area contributed by atoms with Gasteiger partial charge in [0.25, 0.3) is 0 Å². The van der Waals surface area contributed by atoms with Crippen molar-refractivity contribution in [3.8, 4) is 0 Å². The number of rotatable bonds is 3. The average Bonchev–Trinajstić information content (AvgIpc) is 2.47. The lowest BCUT2D eigenvalue weighted by Gasteiger charge is -2.12. The first kappa shape index (κ1) is 11.9. The normalized spacial score (nSPS) is 18.1. The van der Waals surface area contributed by atoms with Crippen molar-refractivity contribution in [3.05, 3.63) is 0 Å². The minimum absolute atomic E-state index is 0.0648. The molecule has 82 valence electrons. The Labute approximate surface area is 89.7 Å². The number of nitrogens with zero attached hydrogens (tertiary/aromatic N) is 1. The first-order valence-electron chi connectivity index (χ1n) is 4.19. The molecule has 1 heterocycles. The average molecular weight is 231 g/mol. The lowest BCUT2D eigenvalue weighted by molar-refractivity contribution is -0.135. The number of ketones is 1. The van der Waals surface area contributed by atoms with E-state index in [-0.39, 0.29) is 24.8 Å². The summed E-state index contributed by atoms with van der Waals surface area (Å²) in [4.78, 5) is 44.0. The second kappa shape index (κ2) is 4.54. The van der Waals surface area contributed by atoms with Crippen LogP contribution in [0.25, 0.3) is 0 Å². The molecule has 0 aromatic carbocycles. The van der Waals surface area contributed by atoms with Gasteiger partial charge in [-0.15, -0.1) is 0 Å². The van der Waals surface area contributed by atoms with Gasteiger partial charge in [0.1, 0.15) is 0 Å². The van der Waals surface area contributed by atoms with Gasteiger partial charge >= 0.3 is 0 Å². The van der Waals surface area contributed by atoms with Gasteiger partial charge in [0.15, 0.2) is 11.9 Å². The van der Waals surface area contributed by atoms with Gasteiger partial charge in [-0.25, -0.2) is 4.31 Å². The van der Waals surface area contributed by atoms with Gasteiger partial charge in [0, 0.05) is 24.8 Å². The quantitative estimate of drug-likeness (QED) is 0.391. The fourth-order valence-electron chi connectivity index (χ4n) is 0.964. The van der Waals surface area contributed by atoms with Crippen LogP contribution in [-0.4, -0.2) is 38.2 Å². The Bertz CT molecular complexity index is 324. The number of amides is 2. The zero-order valence-corrected chi connectivity index (χ0v) is 8.74. The second-order valence-corrected chi connectivity index (χ2v) is 3.96. The van der Waals surface area contributed by atoms with Crippen molar-refractivity contribution in [2.24, 2.45) is 0 Å². The molecule has 7 heteroatoms. The van der Waals surface area contributed by atoms with Gasteiger partial charge in [-0.05, 0) is 6.92 Å². The molecule has 0 spiro atoms. The molecule has 1 atom stereocenters. The molecule has 0 unspecified atom stereocenters. The highest BCUT2D eigenvalue weighted by Crippen LogP contribution is 2.22. The van der Waals surface area contributed by atoms with Crippen LogP contribution in [0.3, 0.4) is 0 Å². The van der Waals surface area contributed by atoms with E-state index in [0.717, 1.165) is 6.92 Å². The van der Waals surface area contributed by atoms with E-state index >= 15 is 0 Å². The van der Waals surface area contributed by atoms with Crippen LogP contribution < -0.4 is 0 Å². The van der Waals surface area contributed by atoms with E-state index in [0.29, 0.717) is 4.31 Å². The highest BCUT2D eigenvalue weighted by Gasteiger charge is 2.34. The fourth-order valence-corrected chi connectivity index (χ4v) is 1.80. The number of carbonyl (C=O) groups excluding carboxylic acids is 4. The Morgan fingerprint density at radius 1 is 1.33 bits per heavy atom. The van der Waals surface area contributed by atoms with Crippen molar-refractivity contribution in [2.75, 3.05) is 0 Å². The van der Waals surface area contributed by atoms with Crippen LogP contribution in [0, 0.1) is 0 Å². The topological polar surface area (TPSA) is 91.8 Å². The summed E-state index contributed by atoms with van der Waals surface area (Å²) in [6, 6.07) is 0. The molecule has 1 saturated heterocycles. The number of carbonyl (C=O) groups is 4. The summed E-state index contributed by atoms with van der Waals surface area (Å²) in [5.74, 6) is -1.67. The van der Waals surface area contributed by atoms with Crippen molar-refractivity contribution in [2.45, 2.75) is 25.9 Å². The summed E-state index contributed by atoms with van der Waals surface area (Å²) in [5.41, 5.74) is 0. The van der Waals surface area contributed by atoms with Crippen LogP contribution in [-0.2, 0) is 19.2 Å². The Hall–Kier alpha value is -1.21. The zero-order valence-electron chi connectivity index (χ0n) is 7.93. The summed E-state index contributed by atoms with van der Waals surface area (Å²) in [6.45, 7) is 1.05. The maximum Gasteiger partial charge on any atom is 0.245 e. The van der Waals surface area contributed by atoms with E-state index in [1.54, 1.807) is 0 Å². The molecule has 1 fully saturated rings. The molecule has 0 aromatic rings. The molecule has 2 amide bonds. The fraction of sp³-hybridized carbons (Fsp3) is 0.500. The molecular weight excluding hydrogens is 222 g/mol. The largest absolute Gasteiger partial charge is 0.377 e. The Morgan fingerprint density at radius 2 is 1.80 bits per heavy atom. The zero-order chi connectivity index (χ0) is 11.6. The van der Waals surface area contributed by atoms with Crippen LogP contribution in [0.1, 0.15) is 19.8 Å². The van der Waals surface area contributed by atoms with Gasteiger partial charge in [0.05, 0.1) is 0 Å². The highest BCUT2D eigenvalue weighted by molar-refractivity contribution is 8.12. The molecule has 15 heavy (non-hydrogen) atoms. The number of hydrogen-bond donors (Lipinski definition) is 1.